The maximum Gasteiger partial charge on any atom is 0.329 e. The summed E-state index contributed by atoms with van der Waals surface area (Å²) in [5.74, 6) is -1.64. The molecule has 0 saturated heterocycles. The second kappa shape index (κ2) is 7.38. The third-order valence-corrected chi connectivity index (χ3v) is 3.06. The summed E-state index contributed by atoms with van der Waals surface area (Å²) in [4.78, 5) is 23.4. The Bertz CT molecular complexity index is 715. The van der Waals surface area contributed by atoms with Gasteiger partial charge in [0.1, 0.15) is 0 Å². The normalized spacial score (nSPS) is 10.5. The largest absolute Gasteiger partial charge is 0.329 e. The fourth-order valence-corrected chi connectivity index (χ4v) is 1.93. The van der Waals surface area contributed by atoms with E-state index in [1.807, 2.05) is 30.3 Å². The van der Waals surface area contributed by atoms with E-state index < -0.39 is 11.8 Å². The molecule has 0 aromatic heterocycles. The lowest BCUT2D eigenvalue weighted by Crippen LogP contribution is -2.32. The standard InChI is InChI=1S/C16H14ClN3O2/c1-11-9-13(17)7-8-14(11)19-15(21)16(22)20-18-10-12-5-3-2-4-6-12/h2-10H,1H3,(H,19,21)(H,20,22)/b18-10-. The molecule has 0 fully saturated rings. The highest BCUT2D eigenvalue weighted by molar-refractivity contribution is 6.39. The molecule has 2 rings (SSSR count). The Hall–Kier alpha value is -2.66. The fourth-order valence-electron chi connectivity index (χ4n) is 1.70. The van der Waals surface area contributed by atoms with Crippen molar-refractivity contribution >= 4 is 35.3 Å². The molecule has 0 saturated carbocycles. The zero-order valence-corrected chi connectivity index (χ0v) is 12.6. The van der Waals surface area contributed by atoms with Crippen LogP contribution in [0.1, 0.15) is 11.1 Å². The molecular formula is C16H14ClN3O2. The summed E-state index contributed by atoms with van der Waals surface area (Å²) in [7, 11) is 0. The Morgan fingerprint density at radius 1 is 1.09 bits per heavy atom. The Morgan fingerprint density at radius 3 is 2.50 bits per heavy atom. The number of halogens is 1. The van der Waals surface area contributed by atoms with E-state index in [-0.39, 0.29) is 0 Å². The van der Waals surface area contributed by atoms with Gasteiger partial charge in [-0.15, -0.1) is 0 Å². The molecule has 22 heavy (non-hydrogen) atoms. The van der Waals surface area contributed by atoms with Crippen LogP contribution in [0, 0.1) is 6.92 Å². The zero-order valence-electron chi connectivity index (χ0n) is 11.8. The third kappa shape index (κ3) is 4.43. The number of aryl methyl sites for hydroxylation is 1. The van der Waals surface area contributed by atoms with Crippen LogP contribution in [-0.2, 0) is 9.59 Å². The van der Waals surface area contributed by atoms with Crippen molar-refractivity contribution in [3.05, 3.63) is 64.7 Å². The van der Waals surface area contributed by atoms with Crippen LogP contribution < -0.4 is 10.7 Å². The van der Waals surface area contributed by atoms with Crippen LogP contribution in [0.3, 0.4) is 0 Å². The Morgan fingerprint density at radius 2 is 1.82 bits per heavy atom. The van der Waals surface area contributed by atoms with Gasteiger partial charge < -0.3 is 5.32 Å². The Balaban J connectivity index is 1.92. The zero-order chi connectivity index (χ0) is 15.9. The first-order valence-electron chi connectivity index (χ1n) is 6.52. The first-order valence-corrected chi connectivity index (χ1v) is 6.89. The molecule has 2 aromatic rings. The van der Waals surface area contributed by atoms with Crippen LogP contribution in [0.25, 0.3) is 0 Å². The van der Waals surface area contributed by atoms with E-state index in [1.165, 1.54) is 6.21 Å². The molecule has 2 amide bonds. The number of rotatable bonds is 3. The molecular weight excluding hydrogens is 302 g/mol. The third-order valence-electron chi connectivity index (χ3n) is 2.82. The molecule has 0 heterocycles. The Labute approximate surface area is 133 Å². The molecule has 0 aliphatic rings. The number of carbonyl (C=O) groups excluding carboxylic acids is 2. The average molecular weight is 316 g/mol. The van der Waals surface area contributed by atoms with Crippen LogP contribution >= 0.6 is 11.6 Å². The lowest BCUT2D eigenvalue weighted by Gasteiger charge is -2.07. The van der Waals surface area contributed by atoms with Gasteiger partial charge in [-0.1, -0.05) is 41.9 Å². The summed E-state index contributed by atoms with van der Waals surface area (Å²) in [6, 6.07) is 14.2. The predicted octanol–water partition coefficient (Wildman–Crippen LogP) is 2.74. The fraction of sp³-hybridized carbons (Fsp3) is 0.0625. The minimum absolute atomic E-state index is 0.525. The highest BCUT2D eigenvalue weighted by Crippen LogP contribution is 2.19. The summed E-state index contributed by atoms with van der Waals surface area (Å²) in [5.41, 5.74) is 4.28. The highest BCUT2D eigenvalue weighted by Gasteiger charge is 2.13. The smallest absolute Gasteiger partial charge is 0.317 e. The number of hydrazone groups is 1. The van der Waals surface area contributed by atoms with E-state index in [2.05, 4.69) is 15.8 Å². The molecule has 6 heteroatoms. The van der Waals surface area contributed by atoms with Gasteiger partial charge in [-0.05, 0) is 36.2 Å². The lowest BCUT2D eigenvalue weighted by atomic mass is 10.2. The highest BCUT2D eigenvalue weighted by atomic mass is 35.5. The van der Waals surface area contributed by atoms with Gasteiger partial charge in [-0.25, -0.2) is 5.43 Å². The number of nitrogens with zero attached hydrogens (tertiary/aromatic N) is 1. The van der Waals surface area contributed by atoms with Gasteiger partial charge in [-0.2, -0.15) is 5.10 Å². The second-order valence-corrected chi connectivity index (χ2v) is 4.96. The van der Waals surface area contributed by atoms with Crippen LogP contribution in [0.2, 0.25) is 5.02 Å². The van der Waals surface area contributed by atoms with E-state index in [9.17, 15) is 9.59 Å². The molecule has 2 N–H and O–H groups in total. The SMILES string of the molecule is Cc1cc(Cl)ccc1NC(=O)C(=O)N/N=C\c1ccccc1. The van der Waals surface area contributed by atoms with Crippen LogP contribution in [0.5, 0.6) is 0 Å². The van der Waals surface area contributed by atoms with Crippen molar-refractivity contribution in [2.45, 2.75) is 6.92 Å². The van der Waals surface area contributed by atoms with Crippen molar-refractivity contribution in [1.82, 2.24) is 5.43 Å². The van der Waals surface area contributed by atoms with Gasteiger partial charge in [-0.3, -0.25) is 9.59 Å². The van der Waals surface area contributed by atoms with E-state index >= 15 is 0 Å². The van der Waals surface area contributed by atoms with E-state index in [0.717, 1.165) is 11.1 Å². The first-order chi connectivity index (χ1) is 10.6. The predicted molar refractivity (Wildman–Crippen MR) is 87.0 cm³/mol. The summed E-state index contributed by atoms with van der Waals surface area (Å²) in [5, 5.41) is 6.80. The monoisotopic (exact) mass is 315 g/mol. The van der Waals surface area contributed by atoms with Crippen molar-refractivity contribution in [3.8, 4) is 0 Å². The molecule has 0 unspecified atom stereocenters. The van der Waals surface area contributed by atoms with Crippen molar-refractivity contribution in [2.75, 3.05) is 5.32 Å². The maximum absolute atomic E-state index is 11.8. The van der Waals surface area contributed by atoms with E-state index in [4.69, 9.17) is 11.6 Å². The molecule has 0 atom stereocenters. The molecule has 0 bridgehead atoms. The first kappa shape index (κ1) is 15.7. The minimum Gasteiger partial charge on any atom is -0.317 e. The van der Waals surface area contributed by atoms with Crippen LogP contribution in [0.4, 0.5) is 5.69 Å². The lowest BCUT2D eigenvalue weighted by molar-refractivity contribution is -0.136. The van der Waals surface area contributed by atoms with Gasteiger partial charge >= 0.3 is 11.8 Å². The molecule has 2 aromatic carbocycles. The molecule has 0 spiro atoms. The minimum atomic E-state index is -0.846. The van der Waals surface area contributed by atoms with Crippen molar-refractivity contribution in [3.63, 3.8) is 0 Å². The summed E-state index contributed by atoms with van der Waals surface area (Å²) < 4.78 is 0. The number of carbonyl (C=O) groups is 2. The topological polar surface area (TPSA) is 70.6 Å². The van der Waals surface area contributed by atoms with Crippen LogP contribution in [0.15, 0.2) is 53.6 Å². The number of nitrogens with one attached hydrogen (secondary N) is 2. The van der Waals surface area contributed by atoms with Crippen LogP contribution in [-0.4, -0.2) is 18.0 Å². The van der Waals surface area contributed by atoms with E-state index in [1.54, 1.807) is 25.1 Å². The number of hydrogen-bond donors (Lipinski definition) is 2. The number of anilines is 1. The second-order valence-electron chi connectivity index (χ2n) is 4.52. The van der Waals surface area contributed by atoms with Crippen molar-refractivity contribution in [1.29, 1.82) is 0 Å². The number of amides is 2. The molecule has 0 radical (unpaired) electrons. The summed E-state index contributed by atoms with van der Waals surface area (Å²) in [6.07, 6.45) is 1.46. The summed E-state index contributed by atoms with van der Waals surface area (Å²) >= 11 is 5.83. The van der Waals surface area contributed by atoms with Gasteiger partial charge in [0.15, 0.2) is 0 Å². The van der Waals surface area contributed by atoms with Gasteiger partial charge in [0.05, 0.1) is 6.21 Å². The molecule has 0 aliphatic heterocycles. The maximum atomic E-state index is 11.8. The number of hydrogen-bond acceptors (Lipinski definition) is 3. The van der Waals surface area contributed by atoms with Gasteiger partial charge in [0.25, 0.3) is 0 Å². The average Bonchev–Trinajstić information content (AvgIpc) is 2.51. The van der Waals surface area contributed by atoms with E-state index in [0.29, 0.717) is 10.7 Å². The van der Waals surface area contributed by atoms with Gasteiger partial charge in [0, 0.05) is 10.7 Å². The van der Waals surface area contributed by atoms with Crippen molar-refractivity contribution in [2.24, 2.45) is 5.10 Å². The quantitative estimate of drug-likeness (QED) is 0.519. The Kier molecular flexibility index (Phi) is 5.27. The summed E-state index contributed by atoms with van der Waals surface area (Å²) in [6.45, 7) is 1.78. The number of benzene rings is 2. The molecule has 5 nitrogen and oxygen atoms in total. The van der Waals surface area contributed by atoms with Crippen molar-refractivity contribution < 1.29 is 9.59 Å². The molecule has 112 valence electrons. The molecule has 0 aliphatic carbocycles. The van der Waals surface area contributed by atoms with Gasteiger partial charge in [0.2, 0.25) is 0 Å².